The van der Waals surface area contributed by atoms with Crippen LogP contribution in [0.2, 0.25) is 0 Å². The van der Waals surface area contributed by atoms with E-state index in [2.05, 4.69) is 20.8 Å². The Hall–Kier alpha value is -1.95. The summed E-state index contributed by atoms with van der Waals surface area (Å²) >= 11 is 0. The molecule has 0 aliphatic rings. The van der Waals surface area contributed by atoms with Crippen molar-refractivity contribution in [1.29, 1.82) is 0 Å². The summed E-state index contributed by atoms with van der Waals surface area (Å²) in [6.07, 6.45) is 0. The van der Waals surface area contributed by atoms with E-state index >= 15 is 0 Å². The molecule has 6 heteroatoms. The third-order valence-corrected chi connectivity index (χ3v) is 2.74. The molecule has 0 amide bonds. The van der Waals surface area contributed by atoms with Crippen LogP contribution >= 0.6 is 0 Å². The SMILES string of the molecule is CCNC(C)c1nnc(Nc2ccc(C)c(F)c2)o1. The van der Waals surface area contributed by atoms with Gasteiger partial charge in [0, 0.05) is 5.69 Å². The lowest BCUT2D eigenvalue weighted by atomic mass is 10.2. The molecule has 0 fully saturated rings. The molecule has 1 aromatic heterocycles. The van der Waals surface area contributed by atoms with Crippen LogP contribution in [-0.4, -0.2) is 16.7 Å². The fourth-order valence-electron chi connectivity index (χ4n) is 1.65. The van der Waals surface area contributed by atoms with Crippen LogP contribution in [0.1, 0.15) is 31.3 Å². The van der Waals surface area contributed by atoms with E-state index in [1.54, 1.807) is 19.1 Å². The molecule has 0 saturated carbocycles. The molecule has 1 aromatic carbocycles. The average molecular weight is 264 g/mol. The fraction of sp³-hybridized carbons (Fsp3) is 0.385. The van der Waals surface area contributed by atoms with E-state index in [0.29, 0.717) is 17.1 Å². The Morgan fingerprint density at radius 3 is 2.84 bits per heavy atom. The Kier molecular flexibility index (Phi) is 4.11. The number of nitrogens with zero attached hydrogens (tertiary/aromatic N) is 2. The highest BCUT2D eigenvalue weighted by Crippen LogP contribution is 2.20. The van der Waals surface area contributed by atoms with E-state index in [9.17, 15) is 4.39 Å². The van der Waals surface area contributed by atoms with Gasteiger partial charge in [0.05, 0.1) is 6.04 Å². The molecular weight excluding hydrogens is 247 g/mol. The number of rotatable bonds is 5. The standard InChI is InChI=1S/C13H17FN4O/c1-4-15-9(3)12-17-18-13(19-12)16-10-6-5-8(2)11(14)7-10/h5-7,9,15H,4H2,1-3H3,(H,16,18). The Labute approximate surface area is 111 Å². The van der Waals surface area contributed by atoms with Crippen LogP contribution in [0.15, 0.2) is 22.6 Å². The average Bonchev–Trinajstić information content (AvgIpc) is 2.83. The van der Waals surface area contributed by atoms with Crippen molar-refractivity contribution in [2.75, 3.05) is 11.9 Å². The van der Waals surface area contributed by atoms with Crippen LogP contribution in [0.4, 0.5) is 16.1 Å². The van der Waals surface area contributed by atoms with E-state index in [0.717, 1.165) is 6.54 Å². The Morgan fingerprint density at radius 2 is 2.16 bits per heavy atom. The maximum Gasteiger partial charge on any atom is 0.320 e. The van der Waals surface area contributed by atoms with Crippen LogP contribution in [-0.2, 0) is 0 Å². The Bertz CT molecular complexity index is 555. The van der Waals surface area contributed by atoms with Gasteiger partial charge in [-0.2, -0.15) is 0 Å². The molecule has 2 rings (SSSR count). The highest BCUT2D eigenvalue weighted by molar-refractivity contribution is 5.52. The Balaban J connectivity index is 2.09. The van der Waals surface area contributed by atoms with Crippen LogP contribution in [0.3, 0.4) is 0 Å². The minimum absolute atomic E-state index is 0.0113. The quantitative estimate of drug-likeness (QED) is 0.869. The summed E-state index contributed by atoms with van der Waals surface area (Å²) in [6, 6.07) is 5.09. The van der Waals surface area contributed by atoms with Gasteiger partial charge in [0.25, 0.3) is 0 Å². The molecule has 1 unspecified atom stereocenters. The molecule has 0 bridgehead atoms. The molecular formula is C13H17FN4O. The van der Waals surface area contributed by atoms with E-state index in [4.69, 9.17) is 4.42 Å². The second-order valence-electron chi connectivity index (χ2n) is 4.31. The number of benzene rings is 1. The molecule has 2 N–H and O–H groups in total. The highest BCUT2D eigenvalue weighted by atomic mass is 19.1. The van der Waals surface area contributed by atoms with Gasteiger partial charge in [-0.05, 0) is 38.1 Å². The van der Waals surface area contributed by atoms with Gasteiger partial charge >= 0.3 is 6.01 Å². The van der Waals surface area contributed by atoms with Crippen molar-refractivity contribution in [3.05, 3.63) is 35.5 Å². The van der Waals surface area contributed by atoms with Gasteiger partial charge < -0.3 is 15.1 Å². The summed E-state index contributed by atoms with van der Waals surface area (Å²) in [5, 5.41) is 13.9. The zero-order valence-corrected chi connectivity index (χ0v) is 11.2. The third-order valence-electron chi connectivity index (χ3n) is 2.74. The zero-order chi connectivity index (χ0) is 13.8. The molecule has 5 nitrogen and oxygen atoms in total. The van der Waals surface area contributed by atoms with Crippen LogP contribution in [0, 0.1) is 12.7 Å². The van der Waals surface area contributed by atoms with E-state index in [1.807, 2.05) is 13.8 Å². The zero-order valence-electron chi connectivity index (χ0n) is 11.2. The topological polar surface area (TPSA) is 63.0 Å². The van der Waals surface area contributed by atoms with E-state index in [-0.39, 0.29) is 17.9 Å². The van der Waals surface area contributed by atoms with Crippen LogP contribution in [0.5, 0.6) is 0 Å². The number of hydrogen-bond donors (Lipinski definition) is 2. The third kappa shape index (κ3) is 3.29. The van der Waals surface area contributed by atoms with Crippen LogP contribution < -0.4 is 10.6 Å². The first-order chi connectivity index (χ1) is 9.10. The summed E-state index contributed by atoms with van der Waals surface area (Å²) in [5.74, 6) is 0.225. The van der Waals surface area contributed by atoms with Gasteiger partial charge in [0.2, 0.25) is 5.89 Å². The van der Waals surface area contributed by atoms with Gasteiger partial charge in [-0.25, -0.2) is 4.39 Å². The summed E-state index contributed by atoms with van der Waals surface area (Å²) < 4.78 is 18.9. The number of aromatic nitrogens is 2. The first-order valence-electron chi connectivity index (χ1n) is 6.20. The van der Waals surface area contributed by atoms with Crippen molar-refractivity contribution in [3.63, 3.8) is 0 Å². The lowest BCUT2D eigenvalue weighted by Crippen LogP contribution is -2.17. The van der Waals surface area contributed by atoms with Crippen molar-refractivity contribution in [2.24, 2.45) is 0 Å². The first kappa shape index (κ1) is 13.5. The van der Waals surface area contributed by atoms with Gasteiger partial charge in [-0.1, -0.05) is 18.1 Å². The van der Waals surface area contributed by atoms with Crippen molar-refractivity contribution in [2.45, 2.75) is 26.8 Å². The number of nitrogens with one attached hydrogen (secondary N) is 2. The Morgan fingerprint density at radius 1 is 1.37 bits per heavy atom. The van der Waals surface area contributed by atoms with Crippen molar-refractivity contribution < 1.29 is 8.81 Å². The lowest BCUT2D eigenvalue weighted by molar-refractivity contribution is 0.430. The predicted molar refractivity (Wildman–Crippen MR) is 70.8 cm³/mol. The maximum atomic E-state index is 13.4. The van der Waals surface area contributed by atoms with E-state index < -0.39 is 0 Å². The number of hydrogen-bond acceptors (Lipinski definition) is 5. The molecule has 2 aromatic rings. The summed E-state index contributed by atoms with van der Waals surface area (Å²) in [5.41, 5.74) is 1.17. The van der Waals surface area contributed by atoms with Crippen LogP contribution in [0.25, 0.3) is 0 Å². The lowest BCUT2D eigenvalue weighted by Gasteiger charge is -2.06. The largest absolute Gasteiger partial charge is 0.406 e. The van der Waals surface area contributed by atoms with Crippen molar-refractivity contribution in [1.82, 2.24) is 15.5 Å². The van der Waals surface area contributed by atoms with Gasteiger partial charge in [0.1, 0.15) is 5.82 Å². The van der Waals surface area contributed by atoms with Gasteiger partial charge in [0.15, 0.2) is 0 Å². The molecule has 0 spiro atoms. The molecule has 1 heterocycles. The summed E-state index contributed by atoms with van der Waals surface area (Å²) in [6.45, 7) is 6.46. The second kappa shape index (κ2) is 5.79. The van der Waals surface area contributed by atoms with Gasteiger partial charge in [-0.15, -0.1) is 5.10 Å². The smallest absolute Gasteiger partial charge is 0.320 e. The minimum atomic E-state index is -0.272. The molecule has 102 valence electrons. The number of halogens is 1. The van der Waals surface area contributed by atoms with Gasteiger partial charge in [-0.3, -0.25) is 0 Å². The molecule has 0 saturated heterocycles. The molecule has 0 aliphatic carbocycles. The summed E-state index contributed by atoms with van der Waals surface area (Å²) in [7, 11) is 0. The fourth-order valence-corrected chi connectivity index (χ4v) is 1.65. The predicted octanol–water partition coefficient (Wildman–Crippen LogP) is 2.93. The van der Waals surface area contributed by atoms with Crippen molar-refractivity contribution >= 4 is 11.7 Å². The maximum absolute atomic E-state index is 13.4. The monoisotopic (exact) mass is 264 g/mol. The van der Waals surface area contributed by atoms with E-state index in [1.165, 1.54) is 6.07 Å². The number of aryl methyl sites for hydroxylation is 1. The number of anilines is 2. The summed E-state index contributed by atoms with van der Waals surface area (Å²) in [4.78, 5) is 0. The van der Waals surface area contributed by atoms with Crippen molar-refractivity contribution in [3.8, 4) is 0 Å². The highest BCUT2D eigenvalue weighted by Gasteiger charge is 2.12. The molecule has 0 radical (unpaired) electrons. The molecule has 19 heavy (non-hydrogen) atoms. The normalized spacial score (nSPS) is 12.4. The molecule has 1 atom stereocenters. The second-order valence-corrected chi connectivity index (χ2v) is 4.31. The first-order valence-corrected chi connectivity index (χ1v) is 6.20. The molecule has 0 aliphatic heterocycles. The minimum Gasteiger partial charge on any atom is -0.406 e.